The quantitative estimate of drug-likeness (QED) is 0.902. The predicted octanol–water partition coefficient (Wildman–Crippen LogP) is 1.90. The molecule has 3 rings (SSSR count). The molecule has 2 N–H and O–H groups in total. The van der Waals surface area contributed by atoms with E-state index < -0.39 is 30.0 Å². The van der Waals surface area contributed by atoms with Gasteiger partial charge in [-0.15, -0.1) is 0 Å². The molecular weight excluding hydrogens is 273 g/mol. The first kappa shape index (κ1) is 13.1. The molecule has 1 aromatic heterocycles. The fourth-order valence-electron chi connectivity index (χ4n) is 2.75. The van der Waals surface area contributed by atoms with E-state index in [1.807, 2.05) is 0 Å². The Hall–Kier alpha value is -1.89. The third-order valence-electron chi connectivity index (χ3n) is 3.53. The second-order valence-electron chi connectivity index (χ2n) is 4.79. The van der Waals surface area contributed by atoms with Gasteiger partial charge in [-0.1, -0.05) is 6.07 Å². The predicted molar refractivity (Wildman–Crippen MR) is 63.2 cm³/mol. The van der Waals surface area contributed by atoms with Gasteiger partial charge in [0.15, 0.2) is 0 Å². The first-order valence-electron chi connectivity index (χ1n) is 6.12. The van der Waals surface area contributed by atoms with Crippen LogP contribution >= 0.6 is 0 Å². The van der Waals surface area contributed by atoms with Gasteiger partial charge in [-0.25, -0.2) is 4.98 Å². The topological polar surface area (TPSA) is 65.2 Å². The molecule has 1 fully saturated rings. The van der Waals surface area contributed by atoms with E-state index in [2.05, 4.69) is 4.98 Å². The normalized spacial score (nSPS) is 25.4. The minimum atomic E-state index is -4.53. The van der Waals surface area contributed by atoms with Crippen LogP contribution in [0.15, 0.2) is 23.8 Å². The second kappa shape index (κ2) is 4.31. The fourth-order valence-corrected chi connectivity index (χ4v) is 2.75. The Labute approximate surface area is 112 Å². The average Bonchev–Trinajstić information content (AvgIpc) is 2.97. The molecule has 2 bridgehead atoms. The molecule has 1 saturated heterocycles. The summed E-state index contributed by atoms with van der Waals surface area (Å²) in [6.07, 6.45) is -4.01. The van der Waals surface area contributed by atoms with Gasteiger partial charge in [0.1, 0.15) is 5.69 Å². The number of nitrogens with two attached hydrogens (primary N) is 1. The van der Waals surface area contributed by atoms with E-state index in [1.165, 1.54) is 12.1 Å². The molecule has 2 unspecified atom stereocenters. The molecule has 7 heteroatoms. The van der Waals surface area contributed by atoms with Crippen molar-refractivity contribution >= 4 is 11.5 Å². The first-order valence-corrected chi connectivity index (χ1v) is 6.12. The lowest BCUT2D eigenvalue weighted by Gasteiger charge is -2.15. The smallest absolute Gasteiger partial charge is 0.366 e. The number of halogens is 3. The number of alkyl halides is 3. The van der Waals surface area contributed by atoms with Crippen molar-refractivity contribution in [2.45, 2.75) is 31.2 Å². The molecule has 2 aliphatic rings. The van der Waals surface area contributed by atoms with Crippen LogP contribution in [-0.2, 0) is 15.7 Å². The molecule has 0 spiro atoms. The number of ether oxygens (including phenoxy) is 1. The highest BCUT2D eigenvalue weighted by Crippen LogP contribution is 2.43. The molecule has 0 radical (unpaired) electrons. The Kier molecular flexibility index (Phi) is 2.82. The number of amides is 1. The maximum absolute atomic E-state index is 12.7. The molecule has 2 aliphatic heterocycles. The van der Waals surface area contributed by atoms with Gasteiger partial charge in [0.25, 0.3) is 0 Å². The summed E-state index contributed by atoms with van der Waals surface area (Å²) in [6, 6.07) is 3.60. The van der Waals surface area contributed by atoms with E-state index in [9.17, 15) is 18.0 Å². The van der Waals surface area contributed by atoms with Crippen LogP contribution in [0.2, 0.25) is 0 Å². The Morgan fingerprint density at radius 3 is 2.65 bits per heavy atom. The SMILES string of the molecule is NC(=O)C1=C(c2cccc(C(F)(F)F)n2)C2CCC1O2. The van der Waals surface area contributed by atoms with Crippen LogP contribution in [0.3, 0.4) is 0 Å². The van der Waals surface area contributed by atoms with Crippen molar-refractivity contribution in [3.05, 3.63) is 35.2 Å². The molecule has 0 aliphatic carbocycles. The van der Waals surface area contributed by atoms with Crippen LogP contribution in [0.5, 0.6) is 0 Å². The van der Waals surface area contributed by atoms with Crippen LogP contribution in [0.1, 0.15) is 24.2 Å². The molecule has 20 heavy (non-hydrogen) atoms. The number of aromatic nitrogens is 1. The number of primary amides is 1. The third kappa shape index (κ3) is 1.98. The van der Waals surface area contributed by atoms with Gasteiger partial charge in [-0.2, -0.15) is 13.2 Å². The standard InChI is InChI=1S/C13H11F3N2O2/c14-13(15,16)9-3-1-2-6(18-9)10-7-4-5-8(20-7)11(10)12(17)19/h1-3,7-8H,4-5H2,(H2,17,19). The van der Waals surface area contributed by atoms with Crippen molar-refractivity contribution in [2.24, 2.45) is 5.73 Å². The molecule has 1 amide bonds. The van der Waals surface area contributed by atoms with Crippen LogP contribution in [0.25, 0.3) is 5.57 Å². The molecule has 1 aromatic rings. The fraction of sp³-hybridized carbons (Fsp3) is 0.385. The van der Waals surface area contributed by atoms with Crippen molar-refractivity contribution < 1.29 is 22.7 Å². The minimum Gasteiger partial charge on any atom is -0.366 e. The summed E-state index contributed by atoms with van der Waals surface area (Å²) >= 11 is 0. The largest absolute Gasteiger partial charge is 0.433 e. The minimum absolute atomic E-state index is 0.112. The number of hydrogen-bond acceptors (Lipinski definition) is 3. The van der Waals surface area contributed by atoms with Crippen LogP contribution in [0, 0.1) is 0 Å². The highest BCUT2D eigenvalue weighted by molar-refractivity contribution is 6.03. The van der Waals surface area contributed by atoms with Gasteiger partial charge in [-0.05, 0) is 25.0 Å². The highest BCUT2D eigenvalue weighted by atomic mass is 19.4. The summed E-state index contributed by atoms with van der Waals surface area (Å²) in [4.78, 5) is 15.1. The Morgan fingerprint density at radius 2 is 2.00 bits per heavy atom. The lowest BCUT2D eigenvalue weighted by molar-refractivity contribution is -0.141. The van der Waals surface area contributed by atoms with Crippen LogP contribution in [0.4, 0.5) is 13.2 Å². The maximum Gasteiger partial charge on any atom is 0.433 e. The number of nitrogens with zero attached hydrogens (tertiary/aromatic N) is 1. The Balaban J connectivity index is 2.11. The monoisotopic (exact) mass is 284 g/mol. The van der Waals surface area contributed by atoms with E-state index in [0.717, 1.165) is 6.07 Å². The third-order valence-corrected chi connectivity index (χ3v) is 3.53. The summed E-state index contributed by atoms with van der Waals surface area (Å²) in [6.45, 7) is 0. The van der Waals surface area contributed by atoms with Crippen LogP contribution < -0.4 is 5.73 Å². The molecule has 0 saturated carbocycles. The second-order valence-corrected chi connectivity index (χ2v) is 4.79. The lowest BCUT2D eigenvalue weighted by atomic mass is 9.89. The van der Waals surface area contributed by atoms with E-state index in [0.29, 0.717) is 18.4 Å². The number of carbonyl (C=O) groups is 1. The van der Waals surface area contributed by atoms with Crippen molar-refractivity contribution in [1.29, 1.82) is 0 Å². The Morgan fingerprint density at radius 1 is 1.30 bits per heavy atom. The molecule has 3 heterocycles. The molecular formula is C13H11F3N2O2. The molecule has 4 nitrogen and oxygen atoms in total. The van der Waals surface area contributed by atoms with Gasteiger partial charge in [-0.3, -0.25) is 4.79 Å². The summed E-state index contributed by atoms with van der Waals surface area (Å²) < 4.78 is 43.6. The summed E-state index contributed by atoms with van der Waals surface area (Å²) in [5.41, 5.74) is 5.09. The molecule has 106 valence electrons. The number of pyridine rings is 1. The summed E-state index contributed by atoms with van der Waals surface area (Å²) in [7, 11) is 0. The van der Waals surface area contributed by atoms with Crippen molar-refractivity contribution in [3.63, 3.8) is 0 Å². The summed E-state index contributed by atoms with van der Waals surface area (Å²) in [5, 5.41) is 0. The number of rotatable bonds is 2. The van der Waals surface area contributed by atoms with E-state index in [4.69, 9.17) is 10.5 Å². The number of carbonyl (C=O) groups excluding carboxylic acids is 1. The lowest BCUT2D eigenvalue weighted by Crippen LogP contribution is -2.23. The van der Waals surface area contributed by atoms with E-state index in [-0.39, 0.29) is 11.3 Å². The Bertz CT molecular complexity index is 610. The summed E-state index contributed by atoms with van der Waals surface area (Å²) in [5.74, 6) is -0.661. The number of fused-ring (bicyclic) bond motifs is 2. The zero-order valence-electron chi connectivity index (χ0n) is 10.3. The van der Waals surface area contributed by atoms with E-state index in [1.54, 1.807) is 0 Å². The van der Waals surface area contributed by atoms with Crippen LogP contribution in [-0.4, -0.2) is 23.1 Å². The zero-order chi connectivity index (χ0) is 14.5. The average molecular weight is 284 g/mol. The van der Waals surface area contributed by atoms with Crippen molar-refractivity contribution in [2.75, 3.05) is 0 Å². The molecule has 0 aromatic carbocycles. The zero-order valence-corrected chi connectivity index (χ0v) is 10.3. The van der Waals surface area contributed by atoms with Gasteiger partial charge in [0, 0.05) is 5.57 Å². The van der Waals surface area contributed by atoms with E-state index >= 15 is 0 Å². The van der Waals surface area contributed by atoms with Gasteiger partial charge >= 0.3 is 6.18 Å². The highest BCUT2D eigenvalue weighted by Gasteiger charge is 2.44. The number of hydrogen-bond donors (Lipinski definition) is 1. The van der Waals surface area contributed by atoms with Gasteiger partial charge in [0.05, 0.1) is 23.5 Å². The van der Waals surface area contributed by atoms with Crippen molar-refractivity contribution in [1.82, 2.24) is 4.98 Å². The maximum atomic E-state index is 12.7. The van der Waals surface area contributed by atoms with Gasteiger partial charge < -0.3 is 10.5 Å². The molecule has 2 atom stereocenters. The van der Waals surface area contributed by atoms with Crippen molar-refractivity contribution in [3.8, 4) is 0 Å². The first-order chi connectivity index (χ1) is 9.38. The van der Waals surface area contributed by atoms with Gasteiger partial charge in [0.2, 0.25) is 5.91 Å².